The van der Waals surface area contributed by atoms with Gasteiger partial charge in [-0.3, -0.25) is 0 Å². The second-order valence-corrected chi connectivity index (χ2v) is 4.74. The lowest BCUT2D eigenvalue weighted by atomic mass is 10.5. The quantitative estimate of drug-likeness (QED) is 0.347. The van der Waals surface area contributed by atoms with Crippen LogP contribution in [-0.2, 0) is 4.84 Å². The minimum atomic E-state index is 0. The summed E-state index contributed by atoms with van der Waals surface area (Å²) in [5.74, 6) is 0. The molecule has 0 aromatic carbocycles. The highest BCUT2D eigenvalue weighted by Crippen LogP contribution is 1.95. The predicted octanol–water partition coefficient (Wildman–Crippen LogP) is -5.66. The van der Waals surface area contributed by atoms with Crippen molar-refractivity contribution in [3.63, 3.8) is 0 Å². The fourth-order valence-corrected chi connectivity index (χ4v) is 0.589. The van der Waals surface area contributed by atoms with Crippen LogP contribution in [0.1, 0.15) is 0 Å². The van der Waals surface area contributed by atoms with Gasteiger partial charge in [-0.25, -0.2) is 0 Å². The highest BCUT2D eigenvalue weighted by molar-refractivity contribution is 4.22. The monoisotopic (exact) mass is 232 g/mol. The van der Waals surface area contributed by atoms with Crippen molar-refractivity contribution < 1.29 is 38.8 Å². The summed E-state index contributed by atoms with van der Waals surface area (Å²) in [6.45, 7) is 1.86. The SMILES string of the molecule is C[N+](C)(C)CCO[N+](C)(C)C.[Cl-].[Cl-]. The molecule has 0 aliphatic carbocycles. The van der Waals surface area contributed by atoms with Crippen LogP contribution in [0, 0.1) is 0 Å². The smallest absolute Gasteiger partial charge is 0.155 e. The molecule has 0 aromatic heterocycles. The maximum atomic E-state index is 5.53. The van der Waals surface area contributed by atoms with E-state index in [4.69, 9.17) is 4.84 Å². The Hall–Kier alpha value is 0.460. The van der Waals surface area contributed by atoms with Crippen molar-refractivity contribution in [1.29, 1.82) is 0 Å². The molecule has 0 heterocycles. The Morgan fingerprint density at radius 3 is 1.46 bits per heavy atom. The molecule has 3 nitrogen and oxygen atoms in total. The second-order valence-electron chi connectivity index (χ2n) is 4.74. The molecule has 0 aliphatic heterocycles. The van der Waals surface area contributed by atoms with Crippen LogP contribution in [0.3, 0.4) is 0 Å². The molecule has 84 valence electrons. The van der Waals surface area contributed by atoms with Gasteiger partial charge in [0.25, 0.3) is 0 Å². The van der Waals surface area contributed by atoms with Crippen molar-refractivity contribution in [3.8, 4) is 0 Å². The zero-order valence-corrected chi connectivity index (χ0v) is 11.0. The van der Waals surface area contributed by atoms with Crippen LogP contribution in [0.5, 0.6) is 0 Å². The third kappa shape index (κ3) is 19.0. The van der Waals surface area contributed by atoms with Crippen LogP contribution < -0.4 is 24.8 Å². The van der Waals surface area contributed by atoms with Gasteiger partial charge in [-0.15, -0.1) is 0 Å². The first-order valence-corrected chi connectivity index (χ1v) is 3.97. The third-order valence-corrected chi connectivity index (χ3v) is 1.24. The van der Waals surface area contributed by atoms with Crippen LogP contribution in [0.25, 0.3) is 0 Å². The van der Waals surface area contributed by atoms with E-state index in [0.29, 0.717) is 4.65 Å². The molecule has 0 radical (unpaired) electrons. The molecule has 0 amide bonds. The summed E-state index contributed by atoms with van der Waals surface area (Å²) < 4.78 is 1.54. The molecule has 0 aromatic rings. The molecule has 0 N–H and O–H groups in total. The third-order valence-electron chi connectivity index (χ3n) is 1.24. The molecule has 0 saturated heterocycles. The van der Waals surface area contributed by atoms with Gasteiger partial charge in [0.1, 0.15) is 6.54 Å². The normalized spacial score (nSPS) is 11.5. The fraction of sp³-hybridized carbons (Fsp3) is 1.00. The Bertz CT molecular complexity index is 104. The van der Waals surface area contributed by atoms with Crippen molar-refractivity contribution in [1.82, 2.24) is 0 Å². The number of halogens is 2. The molecule has 0 rings (SSSR count). The minimum absolute atomic E-state index is 0. The van der Waals surface area contributed by atoms with Gasteiger partial charge >= 0.3 is 0 Å². The molecular formula is C8H22Cl2N2O. The van der Waals surface area contributed by atoms with Gasteiger partial charge < -0.3 is 29.3 Å². The topological polar surface area (TPSA) is 9.23 Å². The predicted molar refractivity (Wildman–Crippen MR) is 46.9 cm³/mol. The summed E-state index contributed by atoms with van der Waals surface area (Å²) in [6.07, 6.45) is 0. The molecule has 0 saturated carbocycles. The molecule has 0 bridgehead atoms. The van der Waals surface area contributed by atoms with E-state index in [-0.39, 0.29) is 24.8 Å². The summed E-state index contributed by atoms with van der Waals surface area (Å²) in [5.41, 5.74) is 0. The molecule has 0 unspecified atom stereocenters. The Morgan fingerprint density at radius 1 is 0.846 bits per heavy atom. The zero-order chi connectivity index (χ0) is 9.12. The lowest BCUT2D eigenvalue weighted by Crippen LogP contribution is -3.00. The van der Waals surface area contributed by atoms with E-state index in [1.165, 1.54) is 0 Å². The van der Waals surface area contributed by atoms with E-state index in [2.05, 4.69) is 21.1 Å². The van der Waals surface area contributed by atoms with E-state index in [1.54, 1.807) is 0 Å². The number of hydrogen-bond acceptors (Lipinski definition) is 1. The highest BCUT2D eigenvalue weighted by atomic mass is 35.5. The summed E-state index contributed by atoms with van der Waals surface area (Å²) in [4.78, 5) is 5.53. The number of hydrogen-bond donors (Lipinski definition) is 0. The summed E-state index contributed by atoms with van der Waals surface area (Å²) in [7, 11) is 12.6. The van der Waals surface area contributed by atoms with Crippen LogP contribution in [0.2, 0.25) is 0 Å². The molecule has 0 aliphatic rings. The lowest BCUT2D eigenvalue weighted by Gasteiger charge is -2.26. The summed E-state index contributed by atoms with van der Waals surface area (Å²) in [6, 6.07) is 0. The molecular weight excluding hydrogens is 211 g/mol. The highest BCUT2D eigenvalue weighted by Gasteiger charge is 2.12. The zero-order valence-electron chi connectivity index (χ0n) is 9.47. The number of quaternary nitrogens is 2. The molecule has 0 spiro atoms. The Balaban J connectivity index is -0.000000500. The maximum absolute atomic E-state index is 5.53. The van der Waals surface area contributed by atoms with Crippen molar-refractivity contribution in [2.24, 2.45) is 0 Å². The van der Waals surface area contributed by atoms with Crippen molar-refractivity contribution in [2.45, 2.75) is 0 Å². The van der Waals surface area contributed by atoms with E-state index in [1.807, 2.05) is 21.1 Å². The van der Waals surface area contributed by atoms with Crippen molar-refractivity contribution in [2.75, 3.05) is 55.4 Å². The first-order valence-electron chi connectivity index (χ1n) is 3.97. The Kier molecular flexibility index (Phi) is 10.1. The first-order chi connectivity index (χ1) is 4.71. The van der Waals surface area contributed by atoms with Gasteiger partial charge in [0, 0.05) is 0 Å². The van der Waals surface area contributed by atoms with Gasteiger partial charge in [-0.2, -0.15) is 9.48 Å². The Morgan fingerprint density at radius 2 is 1.23 bits per heavy atom. The van der Waals surface area contributed by atoms with E-state index in [0.717, 1.165) is 17.6 Å². The average Bonchev–Trinajstić information content (AvgIpc) is 1.55. The number of nitrogens with zero attached hydrogens (tertiary/aromatic N) is 2. The lowest BCUT2D eigenvalue weighted by molar-refractivity contribution is -1.07. The molecule has 0 fully saturated rings. The summed E-state index contributed by atoms with van der Waals surface area (Å²) in [5, 5.41) is 0. The number of hydroxylamine groups is 3. The van der Waals surface area contributed by atoms with E-state index >= 15 is 0 Å². The summed E-state index contributed by atoms with van der Waals surface area (Å²) >= 11 is 0. The van der Waals surface area contributed by atoms with Gasteiger partial charge in [0.15, 0.2) is 6.61 Å². The van der Waals surface area contributed by atoms with Gasteiger partial charge in [-0.05, 0) is 0 Å². The number of likely N-dealkylation sites (N-methyl/N-ethyl adjacent to an activating group) is 1. The van der Waals surface area contributed by atoms with Crippen LogP contribution in [-0.4, -0.2) is 64.6 Å². The standard InChI is InChI=1S/C8H22N2O.2ClH/c1-9(2,3)7-8-11-10(4,5)6;;/h7-8H2,1-6H3;2*1H/q+2;;/p-2. The van der Waals surface area contributed by atoms with Crippen molar-refractivity contribution >= 4 is 0 Å². The van der Waals surface area contributed by atoms with Crippen LogP contribution in [0.4, 0.5) is 0 Å². The maximum Gasteiger partial charge on any atom is 0.155 e. The van der Waals surface area contributed by atoms with Gasteiger partial charge in [-0.1, -0.05) is 0 Å². The van der Waals surface area contributed by atoms with Gasteiger partial charge in [0.05, 0.1) is 42.3 Å². The first kappa shape index (κ1) is 19.1. The molecule has 0 atom stereocenters. The Labute approximate surface area is 94.6 Å². The number of rotatable bonds is 4. The van der Waals surface area contributed by atoms with Crippen molar-refractivity contribution in [3.05, 3.63) is 0 Å². The largest absolute Gasteiger partial charge is 1.00 e. The average molecular weight is 233 g/mol. The van der Waals surface area contributed by atoms with Crippen LogP contribution in [0.15, 0.2) is 0 Å². The minimum Gasteiger partial charge on any atom is -1.00 e. The van der Waals surface area contributed by atoms with E-state index in [9.17, 15) is 0 Å². The molecule has 13 heavy (non-hydrogen) atoms. The fourth-order valence-electron chi connectivity index (χ4n) is 0.589. The second kappa shape index (κ2) is 6.85. The van der Waals surface area contributed by atoms with Gasteiger partial charge in [0.2, 0.25) is 0 Å². The van der Waals surface area contributed by atoms with Crippen LogP contribution >= 0.6 is 0 Å². The molecule has 5 heteroatoms. The van der Waals surface area contributed by atoms with E-state index < -0.39 is 0 Å².